The third-order valence-electron chi connectivity index (χ3n) is 3.99. The lowest BCUT2D eigenvalue weighted by Gasteiger charge is -2.09. The minimum absolute atomic E-state index is 0.609. The van der Waals surface area contributed by atoms with Crippen LogP contribution in [0.3, 0.4) is 0 Å². The molecule has 0 atom stereocenters. The first kappa shape index (κ1) is 13.7. The topological polar surface area (TPSA) is 35.0 Å². The molecular formula is C20H16N2O. The third-order valence-corrected chi connectivity index (χ3v) is 3.99. The van der Waals surface area contributed by atoms with E-state index in [0.717, 1.165) is 33.1 Å². The van der Waals surface area contributed by atoms with Gasteiger partial charge in [-0.05, 0) is 31.2 Å². The first-order valence-electron chi connectivity index (χ1n) is 7.56. The third kappa shape index (κ3) is 2.40. The fourth-order valence-electron chi connectivity index (χ4n) is 2.84. The van der Waals surface area contributed by atoms with Crippen LogP contribution in [0.25, 0.3) is 33.1 Å². The number of methoxy groups -OCH3 is 1. The number of nitrogens with zero attached hydrogens (tertiary/aromatic N) is 2. The van der Waals surface area contributed by atoms with E-state index in [2.05, 4.69) is 36.2 Å². The van der Waals surface area contributed by atoms with Crippen LogP contribution < -0.4 is 4.74 Å². The molecule has 0 aliphatic rings. The molecule has 2 aromatic heterocycles. The molecule has 0 saturated heterocycles. The second-order valence-corrected chi connectivity index (χ2v) is 5.63. The molecule has 23 heavy (non-hydrogen) atoms. The van der Waals surface area contributed by atoms with Gasteiger partial charge in [-0.15, -0.1) is 0 Å². The summed E-state index contributed by atoms with van der Waals surface area (Å²) >= 11 is 0. The Morgan fingerprint density at radius 3 is 2.43 bits per heavy atom. The SMILES string of the molecule is COc1nc(-c2ccccc2)cc2nc3ccc(C)cc3cc12. The van der Waals surface area contributed by atoms with Gasteiger partial charge in [0.1, 0.15) is 0 Å². The molecule has 0 fully saturated rings. The van der Waals surface area contributed by atoms with Crippen LogP contribution in [0.15, 0.2) is 60.7 Å². The molecule has 2 aromatic carbocycles. The first-order valence-corrected chi connectivity index (χ1v) is 7.56. The quantitative estimate of drug-likeness (QED) is 0.500. The lowest BCUT2D eigenvalue weighted by atomic mass is 10.1. The van der Waals surface area contributed by atoms with E-state index in [0.29, 0.717) is 5.88 Å². The van der Waals surface area contributed by atoms with Crippen molar-refractivity contribution in [3.05, 3.63) is 66.2 Å². The fourth-order valence-corrected chi connectivity index (χ4v) is 2.84. The van der Waals surface area contributed by atoms with Gasteiger partial charge in [-0.1, -0.05) is 42.0 Å². The predicted molar refractivity (Wildman–Crippen MR) is 93.8 cm³/mol. The minimum atomic E-state index is 0.609. The minimum Gasteiger partial charge on any atom is -0.480 e. The van der Waals surface area contributed by atoms with E-state index in [9.17, 15) is 0 Å². The van der Waals surface area contributed by atoms with E-state index in [1.54, 1.807) is 7.11 Å². The fraction of sp³-hybridized carbons (Fsp3) is 0.100. The molecule has 2 heterocycles. The molecule has 112 valence electrons. The van der Waals surface area contributed by atoms with Crippen molar-refractivity contribution in [2.45, 2.75) is 6.92 Å². The van der Waals surface area contributed by atoms with E-state index in [1.807, 2.05) is 36.4 Å². The summed E-state index contributed by atoms with van der Waals surface area (Å²) in [5.74, 6) is 0.609. The maximum Gasteiger partial charge on any atom is 0.223 e. The highest BCUT2D eigenvalue weighted by Crippen LogP contribution is 2.30. The summed E-state index contributed by atoms with van der Waals surface area (Å²) in [5, 5.41) is 2.04. The number of benzene rings is 2. The Morgan fingerprint density at radius 2 is 1.65 bits per heavy atom. The number of rotatable bonds is 2. The van der Waals surface area contributed by atoms with Crippen molar-refractivity contribution in [2.75, 3.05) is 7.11 Å². The zero-order valence-electron chi connectivity index (χ0n) is 13.1. The van der Waals surface area contributed by atoms with E-state index in [1.165, 1.54) is 5.56 Å². The molecule has 3 heteroatoms. The van der Waals surface area contributed by atoms with Gasteiger partial charge in [0.15, 0.2) is 0 Å². The molecule has 0 aliphatic heterocycles. The number of hydrogen-bond acceptors (Lipinski definition) is 3. The van der Waals surface area contributed by atoms with Crippen LogP contribution in [0.2, 0.25) is 0 Å². The molecule has 0 bridgehead atoms. The highest BCUT2D eigenvalue weighted by Gasteiger charge is 2.10. The summed E-state index contributed by atoms with van der Waals surface area (Å²) < 4.78 is 5.52. The van der Waals surface area contributed by atoms with E-state index in [4.69, 9.17) is 9.72 Å². The molecular weight excluding hydrogens is 284 g/mol. The number of hydrogen-bond donors (Lipinski definition) is 0. The Labute approximate surface area is 134 Å². The van der Waals surface area contributed by atoms with Crippen molar-refractivity contribution in [2.24, 2.45) is 0 Å². The molecule has 3 nitrogen and oxygen atoms in total. The summed E-state index contributed by atoms with van der Waals surface area (Å²) in [6, 6.07) is 20.5. The Hall–Kier alpha value is -2.94. The van der Waals surface area contributed by atoms with Crippen LogP contribution in [0.4, 0.5) is 0 Å². The normalized spacial score (nSPS) is 11.0. The second kappa shape index (κ2) is 5.36. The van der Waals surface area contributed by atoms with Crippen molar-refractivity contribution in [1.82, 2.24) is 9.97 Å². The summed E-state index contributed by atoms with van der Waals surface area (Å²) in [7, 11) is 1.65. The lowest BCUT2D eigenvalue weighted by Crippen LogP contribution is -1.94. The second-order valence-electron chi connectivity index (χ2n) is 5.63. The summed E-state index contributed by atoms with van der Waals surface area (Å²) in [6.45, 7) is 2.08. The van der Waals surface area contributed by atoms with Crippen molar-refractivity contribution in [3.8, 4) is 17.1 Å². The van der Waals surface area contributed by atoms with Gasteiger partial charge in [0, 0.05) is 10.9 Å². The van der Waals surface area contributed by atoms with Gasteiger partial charge in [-0.25, -0.2) is 9.97 Å². The Bertz CT molecular complexity index is 1010. The van der Waals surface area contributed by atoms with E-state index >= 15 is 0 Å². The number of pyridine rings is 2. The van der Waals surface area contributed by atoms with Gasteiger partial charge in [0.05, 0.1) is 29.2 Å². The summed E-state index contributed by atoms with van der Waals surface area (Å²) in [4.78, 5) is 9.45. The first-order chi connectivity index (χ1) is 11.2. The maximum absolute atomic E-state index is 5.52. The number of aryl methyl sites for hydroxylation is 1. The highest BCUT2D eigenvalue weighted by molar-refractivity contribution is 5.96. The van der Waals surface area contributed by atoms with Crippen LogP contribution >= 0.6 is 0 Å². The maximum atomic E-state index is 5.52. The van der Waals surface area contributed by atoms with Crippen molar-refractivity contribution in [1.29, 1.82) is 0 Å². The van der Waals surface area contributed by atoms with E-state index < -0.39 is 0 Å². The van der Waals surface area contributed by atoms with Gasteiger partial charge in [0.2, 0.25) is 5.88 Å². The Morgan fingerprint density at radius 1 is 0.826 bits per heavy atom. The van der Waals surface area contributed by atoms with Gasteiger partial charge < -0.3 is 4.74 Å². The van der Waals surface area contributed by atoms with Crippen molar-refractivity contribution >= 4 is 21.8 Å². The largest absolute Gasteiger partial charge is 0.480 e. The zero-order valence-corrected chi connectivity index (χ0v) is 13.1. The average molecular weight is 300 g/mol. The highest BCUT2D eigenvalue weighted by atomic mass is 16.5. The molecule has 4 rings (SSSR count). The predicted octanol–water partition coefficient (Wildman–Crippen LogP) is 4.77. The average Bonchev–Trinajstić information content (AvgIpc) is 2.60. The molecule has 0 aliphatic carbocycles. The van der Waals surface area contributed by atoms with Crippen LogP contribution in [0.5, 0.6) is 5.88 Å². The molecule has 0 radical (unpaired) electrons. The molecule has 0 saturated carbocycles. The Kier molecular flexibility index (Phi) is 3.19. The zero-order chi connectivity index (χ0) is 15.8. The number of aromatic nitrogens is 2. The molecule has 0 unspecified atom stereocenters. The van der Waals surface area contributed by atoms with Gasteiger partial charge >= 0.3 is 0 Å². The number of fused-ring (bicyclic) bond motifs is 2. The molecule has 0 spiro atoms. The van der Waals surface area contributed by atoms with Crippen LogP contribution in [0.1, 0.15) is 5.56 Å². The number of ether oxygens (including phenoxy) is 1. The lowest BCUT2D eigenvalue weighted by molar-refractivity contribution is 0.404. The molecule has 4 aromatic rings. The monoisotopic (exact) mass is 300 g/mol. The van der Waals surface area contributed by atoms with Crippen molar-refractivity contribution < 1.29 is 4.74 Å². The van der Waals surface area contributed by atoms with E-state index in [-0.39, 0.29) is 0 Å². The summed E-state index contributed by atoms with van der Waals surface area (Å²) in [6.07, 6.45) is 0. The van der Waals surface area contributed by atoms with Gasteiger partial charge in [-0.3, -0.25) is 0 Å². The summed E-state index contributed by atoms with van der Waals surface area (Å²) in [5.41, 5.74) is 5.02. The standard InChI is InChI=1S/C20H16N2O/c1-13-8-9-17-15(10-13)11-16-19(21-17)12-18(22-20(16)23-2)14-6-4-3-5-7-14/h3-12H,1-2H3. The van der Waals surface area contributed by atoms with Crippen LogP contribution in [-0.4, -0.2) is 17.1 Å². The molecule has 0 N–H and O–H groups in total. The van der Waals surface area contributed by atoms with Crippen LogP contribution in [-0.2, 0) is 0 Å². The smallest absolute Gasteiger partial charge is 0.223 e. The molecule has 0 amide bonds. The van der Waals surface area contributed by atoms with Crippen molar-refractivity contribution in [3.63, 3.8) is 0 Å². The Balaban J connectivity index is 2.03. The van der Waals surface area contributed by atoms with Crippen LogP contribution in [0, 0.1) is 6.92 Å². The van der Waals surface area contributed by atoms with Gasteiger partial charge in [0.25, 0.3) is 0 Å². The van der Waals surface area contributed by atoms with Gasteiger partial charge in [-0.2, -0.15) is 0 Å².